The van der Waals surface area contributed by atoms with E-state index >= 15 is 0 Å². The molecule has 25 heavy (non-hydrogen) atoms. The minimum absolute atomic E-state index is 0.0586. The first kappa shape index (κ1) is 19.0. The molecule has 0 bridgehead atoms. The van der Waals surface area contributed by atoms with Gasteiger partial charge in [0.15, 0.2) is 12.6 Å². The highest BCUT2D eigenvalue weighted by Crippen LogP contribution is 2.17. The van der Waals surface area contributed by atoms with Gasteiger partial charge in [0, 0.05) is 30.7 Å². The van der Waals surface area contributed by atoms with Crippen LogP contribution in [0.15, 0.2) is 34.8 Å². The number of pyridine rings is 1. The van der Waals surface area contributed by atoms with Gasteiger partial charge < -0.3 is 15.4 Å². The van der Waals surface area contributed by atoms with Crippen molar-refractivity contribution in [2.75, 3.05) is 13.7 Å². The molecular formula is C16H19F3N4OS. The maximum absolute atomic E-state index is 12.1. The smallest absolute Gasteiger partial charge is 0.422 e. The molecule has 0 spiro atoms. The SMILES string of the molecule is CN=C(NCc1ccc(OCC(F)(F)F)nc1)NCc1sccc1C. The summed E-state index contributed by atoms with van der Waals surface area (Å²) in [7, 11) is 1.67. The second kappa shape index (κ2) is 8.70. The first-order chi connectivity index (χ1) is 11.9. The van der Waals surface area contributed by atoms with Crippen LogP contribution in [-0.4, -0.2) is 30.8 Å². The highest BCUT2D eigenvalue weighted by atomic mass is 32.1. The van der Waals surface area contributed by atoms with Gasteiger partial charge in [-0.1, -0.05) is 6.07 Å². The van der Waals surface area contributed by atoms with Crippen LogP contribution in [0.4, 0.5) is 13.2 Å². The number of hydrogen-bond acceptors (Lipinski definition) is 4. The predicted molar refractivity (Wildman–Crippen MR) is 91.9 cm³/mol. The zero-order valence-corrected chi connectivity index (χ0v) is 14.7. The largest absolute Gasteiger partial charge is 0.468 e. The van der Waals surface area contributed by atoms with E-state index in [1.54, 1.807) is 24.5 Å². The third-order valence-electron chi connectivity index (χ3n) is 3.25. The second-order valence-corrected chi connectivity index (χ2v) is 6.22. The molecular weight excluding hydrogens is 353 g/mol. The molecule has 2 aromatic rings. The summed E-state index contributed by atoms with van der Waals surface area (Å²) in [4.78, 5) is 9.23. The summed E-state index contributed by atoms with van der Waals surface area (Å²) in [6, 6.07) is 5.13. The fourth-order valence-corrected chi connectivity index (χ4v) is 2.76. The first-order valence-electron chi connectivity index (χ1n) is 7.49. The Morgan fingerprint density at radius 3 is 2.56 bits per heavy atom. The molecule has 0 fully saturated rings. The number of nitrogens with one attached hydrogen (secondary N) is 2. The van der Waals surface area contributed by atoms with Crippen LogP contribution in [0.2, 0.25) is 0 Å². The Bertz CT molecular complexity index is 698. The van der Waals surface area contributed by atoms with Crippen LogP contribution < -0.4 is 15.4 Å². The number of alkyl halides is 3. The highest BCUT2D eigenvalue weighted by Gasteiger charge is 2.28. The van der Waals surface area contributed by atoms with E-state index in [9.17, 15) is 13.2 Å². The number of halogens is 3. The van der Waals surface area contributed by atoms with Crippen molar-refractivity contribution in [3.8, 4) is 5.88 Å². The Hall–Kier alpha value is -2.29. The van der Waals surface area contributed by atoms with Gasteiger partial charge in [0.05, 0.1) is 6.54 Å². The highest BCUT2D eigenvalue weighted by molar-refractivity contribution is 7.10. The predicted octanol–water partition coefficient (Wildman–Crippen LogP) is 3.26. The summed E-state index contributed by atoms with van der Waals surface area (Å²) in [5.41, 5.74) is 2.03. The molecule has 0 amide bonds. The van der Waals surface area contributed by atoms with Crippen molar-refractivity contribution in [1.29, 1.82) is 0 Å². The van der Waals surface area contributed by atoms with Gasteiger partial charge in [0.25, 0.3) is 0 Å². The number of aromatic nitrogens is 1. The Balaban J connectivity index is 1.80. The summed E-state index contributed by atoms with van der Waals surface area (Å²) < 4.78 is 40.8. The van der Waals surface area contributed by atoms with Crippen molar-refractivity contribution in [1.82, 2.24) is 15.6 Å². The number of guanidine groups is 1. The van der Waals surface area contributed by atoms with Crippen LogP contribution in [0.1, 0.15) is 16.0 Å². The van der Waals surface area contributed by atoms with Gasteiger partial charge >= 0.3 is 6.18 Å². The molecule has 0 aliphatic heterocycles. The molecule has 0 unspecified atom stereocenters. The van der Waals surface area contributed by atoms with Crippen molar-refractivity contribution >= 4 is 17.3 Å². The minimum Gasteiger partial charge on any atom is -0.468 e. The Morgan fingerprint density at radius 2 is 2.00 bits per heavy atom. The molecule has 136 valence electrons. The van der Waals surface area contributed by atoms with E-state index in [4.69, 9.17) is 0 Å². The summed E-state index contributed by atoms with van der Waals surface area (Å²) in [6.07, 6.45) is -2.91. The van der Waals surface area contributed by atoms with Gasteiger partial charge in [-0.3, -0.25) is 4.99 Å². The average molecular weight is 372 g/mol. The molecule has 0 atom stereocenters. The Labute approximate surface area is 148 Å². The van der Waals surface area contributed by atoms with Gasteiger partial charge in [-0.05, 0) is 29.5 Å². The van der Waals surface area contributed by atoms with E-state index in [0.717, 1.165) is 5.56 Å². The van der Waals surface area contributed by atoms with E-state index in [-0.39, 0.29) is 5.88 Å². The summed E-state index contributed by atoms with van der Waals surface area (Å²) >= 11 is 1.68. The number of ether oxygens (including phenoxy) is 1. The van der Waals surface area contributed by atoms with Gasteiger partial charge in [0.2, 0.25) is 5.88 Å². The Morgan fingerprint density at radius 1 is 1.24 bits per heavy atom. The monoisotopic (exact) mass is 372 g/mol. The van der Waals surface area contributed by atoms with Crippen LogP contribution in [0.5, 0.6) is 5.88 Å². The standard InChI is InChI=1S/C16H19F3N4OS/c1-11-5-6-25-13(11)9-23-15(20-2)22-8-12-3-4-14(21-7-12)24-10-16(17,18)19/h3-7H,8-10H2,1-2H3,(H2,20,22,23). The van der Waals surface area contributed by atoms with Gasteiger partial charge in [-0.25, -0.2) is 4.98 Å². The van der Waals surface area contributed by atoms with Crippen LogP contribution in [0.25, 0.3) is 0 Å². The third-order valence-corrected chi connectivity index (χ3v) is 4.27. The maximum Gasteiger partial charge on any atom is 0.422 e. The number of rotatable bonds is 6. The molecule has 2 rings (SSSR count). The van der Waals surface area contributed by atoms with Gasteiger partial charge in [0.1, 0.15) is 0 Å². The van der Waals surface area contributed by atoms with Crippen LogP contribution in [0, 0.1) is 6.92 Å². The van der Waals surface area contributed by atoms with Crippen molar-refractivity contribution in [2.24, 2.45) is 4.99 Å². The fraction of sp³-hybridized carbons (Fsp3) is 0.375. The lowest BCUT2D eigenvalue weighted by Crippen LogP contribution is -2.36. The molecule has 0 saturated heterocycles. The first-order valence-corrected chi connectivity index (χ1v) is 8.37. The van der Waals surface area contributed by atoms with Crippen molar-refractivity contribution in [2.45, 2.75) is 26.2 Å². The van der Waals surface area contributed by atoms with Crippen molar-refractivity contribution in [3.05, 3.63) is 45.8 Å². The molecule has 0 aliphatic rings. The van der Waals surface area contributed by atoms with E-state index in [2.05, 4.69) is 38.3 Å². The van der Waals surface area contributed by atoms with E-state index < -0.39 is 12.8 Å². The van der Waals surface area contributed by atoms with Crippen LogP contribution in [0.3, 0.4) is 0 Å². The molecule has 9 heteroatoms. The zero-order valence-electron chi connectivity index (χ0n) is 13.9. The number of nitrogens with zero attached hydrogens (tertiary/aromatic N) is 2. The van der Waals surface area contributed by atoms with Crippen LogP contribution >= 0.6 is 11.3 Å². The van der Waals surface area contributed by atoms with Gasteiger partial charge in [-0.15, -0.1) is 11.3 Å². The second-order valence-electron chi connectivity index (χ2n) is 5.21. The molecule has 2 aromatic heterocycles. The van der Waals surface area contributed by atoms with Crippen molar-refractivity contribution < 1.29 is 17.9 Å². The normalized spacial score (nSPS) is 12.1. The topological polar surface area (TPSA) is 58.5 Å². The average Bonchev–Trinajstić information content (AvgIpc) is 2.98. The molecule has 0 aliphatic carbocycles. The lowest BCUT2D eigenvalue weighted by molar-refractivity contribution is -0.154. The molecule has 0 radical (unpaired) electrons. The third kappa shape index (κ3) is 6.61. The molecule has 5 nitrogen and oxygen atoms in total. The van der Waals surface area contributed by atoms with E-state index in [1.165, 1.54) is 22.7 Å². The quantitative estimate of drug-likeness (QED) is 0.604. The minimum atomic E-state index is -4.37. The number of aryl methyl sites for hydroxylation is 1. The van der Waals surface area contributed by atoms with Crippen molar-refractivity contribution in [3.63, 3.8) is 0 Å². The lowest BCUT2D eigenvalue weighted by atomic mass is 10.3. The molecule has 0 saturated carbocycles. The number of aliphatic imine (C=N–C) groups is 1. The Kier molecular flexibility index (Phi) is 6.63. The van der Waals surface area contributed by atoms with E-state index in [1.807, 2.05) is 5.38 Å². The summed E-state index contributed by atoms with van der Waals surface area (Å²) in [5, 5.41) is 8.37. The molecule has 0 aromatic carbocycles. The van der Waals surface area contributed by atoms with Crippen LogP contribution in [-0.2, 0) is 13.1 Å². The summed E-state index contributed by atoms with van der Waals surface area (Å²) in [6.45, 7) is 1.81. The van der Waals surface area contributed by atoms with E-state index in [0.29, 0.717) is 19.0 Å². The maximum atomic E-state index is 12.1. The fourth-order valence-electron chi connectivity index (χ4n) is 1.91. The zero-order chi connectivity index (χ0) is 18.3. The van der Waals surface area contributed by atoms with Gasteiger partial charge in [-0.2, -0.15) is 13.2 Å². The molecule has 2 N–H and O–H groups in total. The molecule has 2 heterocycles. The summed E-state index contributed by atoms with van der Waals surface area (Å²) in [5.74, 6) is 0.571. The number of thiophene rings is 1. The lowest BCUT2D eigenvalue weighted by Gasteiger charge is -2.12. The number of hydrogen-bond donors (Lipinski definition) is 2.